The lowest BCUT2D eigenvalue weighted by atomic mass is 10.1. The first-order valence-corrected chi connectivity index (χ1v) is 7.08. The molecule has 0 aliphatic rings. The maximum absolute atomic E-state index is 12.0. The van der Waals surface area contributed by atoms with Gasteiger partial charge in [0.15, 0.2) is 6.61 Å². The highest BCUT2D eigenvalue weighted by Gasteiger charge is 2.13. The zero-order valence-electron chi connectivity index (χ0n) is 12.6. The fourth-order valence-corrected chi connectivity index (χ4v) is 2.07. The summed E-state index contributed by atoms with van der Waals surface area (Å²) < 4.78 is 4.96. The van der Waals surface area contributed by atoms with Crippen molar-refractivity contribution in [3.8, 4) is 0 Å². The first kappa shape index (κ1) is 15.7. The summed E-state index contributed by atoms with van der Waals surface area (Å²) in [6.45, 7) is 3.60. The van der Waals surface area contributed by atoms with Crippen LogP contribution in [0.25, 0.3) is 0 Å². The molecule has 0 radical (unpaired) electrons. The smallest absolute Gasteiger partial charge is 0.357 e. The minimum Gasteiger partial charge on any atom is -0.451 e. The number of aromatic nitrogens is 1. The summed E-state index contributed by atoms with van der Waals surface area (Å²) in [5, 5.41) is 2.80. The Morgan fingerprint density at radius 2 is 2.00 bits per heavy atom. The van der Waals surface area contributed by atoms with E-state index in [0.717, 1.165) is 23.2 Å². The molecule has 1 N–H and O–H groups in total. The Labute approximate surface area is 129 Å². The molecule has 22 heavy (non-hydrogen) atoms. The first-order chi connectivity index (χ1) is 10.6. The predicted molar refractivity (Wildman–Crippen MR) is 83.7 cm³/mol. The van der Waals surface area contributed by atoms with Gasteiger partial charge < -0.3 is 10.1 Å². The molecule has 0 bridgehead atoms. The van der Waals surface area contributed by atoms with E-state index < -0.39 is 5.97 Å². The van der Waals surface area contributed by atoms with Crippen LogP contribution >= 0.6 is 0 Å². The highest BCUT2D eigenvalue weighted by Crippen LogP contribution is 2.20. The number of pyridine rings is 1. The van der Waals surface area contributed by atoms with E-state index in [1.165, 1.54) is 12.3 Å². The molecule has 5 heteroatoms. The zero-order chi connectivity index (χ0) is 15.9. The number of benzene rings is 1. The molecule has 0 saturated carbocycles. The number of esters is 1. The molecule has 1 heterocycles. The molecular formula is C17H18N2O3. The van der Waals surface area contributed by atoms with Crippen molar-refractivity contribution in [3.05, 3.63) is 59.4 Å². The fraction of sp³-hybridized carbons (Fsp3) is 0.235. The van der Waals surface area contributed by atoms with Crippen LogP contribution in [-0.2, 0) is 16.0 Å². The molecule has 5 nitrogen and oxygen atoms in total. The number of carbonyl (C=O) groups is 2. The number of nitrogens with one attached hydrogen (secondary N) is 1. The van der Waals surface area contributed by atoms with E-state index in [1.54, 1.807) is 12.1 Å². The molecule has 1 aromatic heterocycles. The average Bonchev–Trinajstić information content (AvgIpc) is 2.55. The van der Waals surface area contributed by atoms with Gasteiger partial charge in [-0.25, -0.2) is 9.78 Å². The van der Waals surface area contributed by atoms with Gasteiger partial charge in [0.1, 0.15) is 5.69 Å². The van der Waals surface area contributed by atoms with Gasteiger partial charge in [0.05, 0.1) is 0 Å². The summed E-state index contributed by atoms with van der Waals surface area (Å²) >= 11 is 0. The van der Waals surface area contributed by atoms with Crippen LogP contribution in [0.5, 0.6) is 0 Å². The van der Waals surface area contributed by atoms with E-state index in [1.807, 2.05) is 32.0 Å². The Kier molecular flexibility index (Phi) is 5.25. The number of ether oxygens (including phenoxy) is 1. The topological polar surface area (TPSA) is 68.3 Å². The molecule has 2 aromatic rings. The van der Waals surface area contributed by atoms with Crippen LogP contribution in [0.2, 0.25) is 0 Å². The second-order valence-electron chi connectivity index (χ2n) is 4.80. The van der Waals surface area contributed by atoms with Crippen LogP contribution in [0.4, 0.5) is 5.69 Å². The predicted octanol–water partition coefficient (Wildman–Crippen LogP) is 2.75. The quantitative estimate of drug-likeness (QED) is 0.862. The van der Waals surface area contributed by atoms with Gasteiger partial charge in [-0.1, -0.05) is 31.2 Å². The molecule has 0 spiro atoms. The number of aryl methyl sites for hydroxylation is 2. The first-order valence-electron chi connectivity index (χ1n) is 7.08. The van der Waals surface area contributed by atoms with E-state index in [9.17, 15) is 9.59 Å². The summed E-state index contributed by atoms with van der Waals surface area (Å²) in [4.78, 5) is 27.6. The van der Waals surface area contributed by atoms with E-state index in [-0.39, 0.29) is 18.2 Å². The summed E-state index contributed by atoms with van der Waals surface area (Å²) in [5.41, 5.74) is 2.98. The third kappa shape index (κ3) is 3.91. The van der Waals surface area contributed by atoms with E-state index in [0.29, 0.717) is 0 Å². The van der Waals surface area contributed by atoms with E-state index >= 15 is 0 Å². The van der Waals surface area contributed by atoms with Crippen molar-refractivity contribution in [3.63, 3.8) is 0 Å². The molecule has 0 unspecified atom stereocenters. The lowest BCUT2D eigenvalue weighted by Crippen LogP contribution is -2.22. The van der Waals surface area contributed by atoms with E-state index in [4.69, 9.17) is 4.74 Å². The maximum Gasteiger partial charge on any atom is 0.357 e. The number of nitrogens with zero attached hydrogens (tertiary/aromatic N) is 1. The average molecular weight is 298 g/mol. The Bertz CT molecular complexity index is 669. The second-order valence-corrected chi connectivity index (χ2v) is 4.80. The Hall–Kier alpha value is -2.69. The Balaban J connectivity index is 1.95. The normalized spacial score (nSPS) is 10.1. The van der Waals surface area contributed by atoms with Gasteiger partial charge in [0.2, 0.25) is 0 Å². The number of rotatable bonds is 5. The molecule has 0 saturated heterocycles. The largest absolute Gasteiger partial charge is 0.451 e. The highest BCUT2D eigenvalue weighted by molar-refractivity contribution is 5.95. The second kappa shape index (κ2) is 7.36. The molecule has 114 valence electrons. The van der Waals surface area contributed by atoms with Gasteiger partial charge in [-0.05, 0) is 36.6 Å². The van der Waals surface area contributed by atoms with Gasteiger partial charge in [-0.15, -0.1) is 0 Å². The molecule has 1 aromatic carbocycles. The fourth-order valence-electron chi connectivity index (χ4n) is 2.07. The highest BCUT2D eigenvalue weighted by atomic mass is 16.5. The lowest BCUT2D eigenvalue weighted by molar-refractivity contribution is -0.119. The van der Waals surface area contributed by atoms with Crippen LogP contribution in [0.1, 0.15) is 28.5 Å². The third-order valence-corrected chi connectivity index (χ3v) is 3.21. The van der Waals surface area contributed by atoms with Crippen LogP contribution in [0, 0.1) is 6.92 Å². The molecule has 2 rings (SSSR count). The van der Waals surface area contributed by atoms with Crippen molar-refractivity contribution < 1.29 is 14.3 Å². The summed E-state index contributed by atoms with van der Waals surface area (Å²) in [7, 11) is 0. The summed E-state index contributed by atoms with van der Waals surface area (Å²) in [5.74, 6) is -0.982. The number of hydrogen-bond acceptors (Lipinski definition) is 4. The number of hydrogen-bond donors (Lipinski definition) is 1. The van der Waals surface area contributed by atoms with Crippen molar-refractivity contribution in [1.82, 2.24) is 4.98 Å². The monoisotopic (exact) mass is 298 g/mol. The van der Waals surface area contributed by atoms with E-state index in [2.05, 4.69) is 10.3 Å². The summed E-state index contributed by atoms with van der Waals surface area (Å²) in [6, 6.07) is 10.8. The Morgan fingerprint density at radius 1 is 1.18 bits per heavy atom. The SMILES string of the molecule is CCc1cccc(C)c1NC(=O)COC(=O)c1ccccn1. The van der Waals surface area contributed by atoms with Crippen molar-refractivity contribution in [2.75, 3.05) is 11.9 Å². The maximum atomic E-state index is 12.0. The van der Waals surface area contributed by atoms with Gasteiger partial charge in [0.25, 0.3) is 5.91 Å². The number of carbonyl (C=O) groups excluding carboxylic acids is 2. The van der Waals surface area contributed by atoms with Crippen molar-refractivity contribution >= 4 is 17.6 Å². The Morgan fingerprint density at radius 3 is 2.68 bits per heavy atom. The number of anilines is 1. The molecule has 0 fully saturated rings. The minimum atomic E-state index is -0.615. The van der Waals surface area contributed by atoms with Crippen molar-refractivity contribution in [2.24, 2.45) is 0 Å². The van der Waals surface area contributed by atoms with Gasteiger partial charge >= 0.3 is 5.97 Å². The molecule has 0 atom stereocenters. The minimum absolute atomic E-state index is 0.181. The van der Waals surface area contributed by atoms with Crippen molar-refractivity contribution in [2.45, 2.75) is 20.3 Å². The van der Waals surface area contributed by atoms with Gasteiger partial charge in [-0.3, -0.25) is 4.79 Å². The van der Waals surface area contributed by atoms with Crippen molar-refractivity contribution in [1.29, 1.82) is 0 Å². The molecule has 1 amide bonds. The van der Waals surface area contributed by atoms with Crippen LogP contribution in [-0.4, -0.2) is 23.5 Å². The molecular weight excluding hydrogens is 280 g/mol. The molecule has 0 aliphatic heterocycles. The van der Waals surface area contributed by atoms with Gasteiger partial charge in [-0.2, -0.15) is 0 Å². The van der Waals surface area contributed by atoms with Crippen LogP contribution in [0.3, 0.4) is 0 Å². The lowest BCUT2D eigenvalue weighted by Gasteiger charge is -2.13. The van der Waals surface area contributed by atoms with Crippen LogP contribution < -0.4 is 5.32 Å². The van der Waals surface area contributed by atoms with Gasteiger partial charge in [0, 0.05) is 11.9 Å². The third-order valence-electron chi connectivity index (χ3n) is 3.21. The van der Waals surface area contributed by atoms with Crippen LogP contribution in [0.15, 0.2) is 42.6 Å². The zero-order valence-corrected chi connectivity index (χ0v) is 12.6. The molecule has 0 aliphatic carbocycles. The standard InChI is InChI=1S/C17H18N2O3/c1-3-13-8-6-7-12(2)16(13)19-15(20)11-22-17(21)14-9-4-5-10-18-14/h4-10H,3,11H2,1-2H3,(H,19,20). The number of amides is 1. The number of para-hydroxylation sites is 1. The summed E-state index contributed by atoms with van der Waals surface area (Å²) in [6.07, 6.45) is 2.31.